The lowest BCUT2D eigenvalue weighted by molar-refractivity contribution is -0.120. The third kappa shape index (κ3) is 4.93. The number of hydrogen-bond donors (Lipinski definition) is 2. The zero-order chi connectivity index (χ0) is 16.8. The first kappa shape index (κ1) is 17.2. The van der Waals surface area contributed by atoms with Crippen LogP contribution in [0.1, 0.15) is 22.8 Å². The molecule has 3 N–H and O–H groups in total. The van der Waals surface area contributed by atoms with E-state index in [-0.39, 0.29) is 17.1 Å². The number of anilines is 1. The van der Waals surface area contributed by atoms with Crippen molar-refractivity contribution in [3.63, 3.8) is 0 Å². The summed E-state index contributed by atoms with van der Waals surface area (Å²) in [6.45, 7) is 2.17. The average Bonchev–Trinajstić information content (AvgIpc) is 2.97. The summed E-state index contributed by atoms with van der Waals surface area (Å²) in [5.74, 6) is -0.497. The van der Waals surface area contributed by atoms with Crippen LogP contribution in [0.4, 0.5) is 5.13 Å². The van der Waals surface area contributed by atoms with E-state index in [0.29, 0.717) is 21.6 Å². The van der Waals surface area contributed by atoms with Crippen molar-refractivity contribution in [2.24, 2.45) is 0 Å². The number of nitrogen functional groups attached to an aromatic ring is 1. The van der Waals surface area contributed by atoms with Crippen molar-refractivity contribution in [2.45, 2.75) is 23.1 Å². The summed E-state index contributed by atoms with van der Waals surface area (Å²) in [6, 6.07) is 6.87. The van der Waals surface area contributed by atoms with Crippen LogP contribution in [-0.4, -0.2) is 34.4 Å². The Labute approximate surface area is 141 Å². The number of rotatable bonds is 6. The van der Waals surface area contributed by atoms with Crippen LogP contribution in [-0.2, 0) is 16.1 Å². The predicted molar refractivity (Wildman–Crippen MR) is 89.3 cm³/mol. The Kier molecular flexibility index (Phi) is 5.94. The van der Waals surface area contributed by atoms with Gasteiger partial charge in [-0.25, -0.2) is 4.79 Å². The molecule has 0 aliphatic rings. The van der Waals surface area contributed by atoms with Crippen LogP contribution in [0.5, 0.6) is 0 Å². The van der Waals surface area contributed by atoms with Crippen molar-refractivity contribution >= 4 is 40.1 Å². The van der Waals surface area contributed by atoms with Crippen LogP contribution in [0, 0.1) is 0 Å². The van der Waals surface area contributed by atoms with E-state index in [4.69, 9.17) is 5.73 Å². The Morgan fingerprint density at radius 3 is 2.61 bits per heavy atom. The number of carbonyl (C=O) groups excluding carboxylic acids is 2. The molecule has 122 valence electrons. The van der Waals surface area contributed by atoms with E-state index in [1.165, 1.54) is 30.2 Å². The van der Waals surface area contributed by atoms with Crippen LogP contribution in [0.3, 0.4) is 0 Å². The monoisotopic (exact) mass is 352 g/mol. The smallest absolute Gasteiger partial charge is 0.337 e. The van der Waals surface area contributed by atoms with Gasteiger partial charge in [0.05, 0.1) is 17.9 Å². The van der Waals surface area contributed by atoms with Crippen LogP contribution in [0.15, 0.2) is 28.6 Å². The van der Waals surface area contributed by atoms with Gasteiger partial charge in [-0.1, -0.05) is 35.2 Å². The number of carbonyl (C=O) groups is 2. The van der Waals surface area contributed by atoms with E-state index >= 15 is 0 Å². The second-order valence-electron chi connectivity index (χ2n) is 4.57. The number of nitrogens with one attached hydrogen (secondary N) is 1. The molecule has 1 heterocycles. The van der Waals surface area contributed by atoms with Gasteiger partial charge in [-0.3, -0.25) is 4.79 Å². The van der Waals surface area contributed by atoms with E-state index in [1.807, 2.05) is 0 Å². The minimum atomic E-state index is -0.387. The second-order valence-corrected chi connectivity index (χ2v) is 7.17. The van der Waals surface area contributed by atoms with E-state index < -0.39 is 0 Å². The third-order valence-electron chi connectivity index (χ3n) is 2.91. The van der Waals surface area contributed by atoms with Crippen molar-refractivity contribution in [2.75, 3.05) is 12.8 Å². The molecule has 0 radical (unpaired) electrons. The van der Waals surface area contributed by atoms with Gasteiger partial charge in [0.1, 0.15) is 0 Å². The molecule has 0 saturated heterocycles. The number of benzene rings is 1. The van der Waals surface area contributed by atoms with Crippen molar-refractivity contribution in [3.05, 3.63) is 35.4 Å². The third-order valence-corrected chi connectivity index (χ3v) is 4.85. The Morgan fingerprint density at radius 2 is 2.04 bits per heavy atom. The summed E-state index contributed by atoms with van der Waals surface area (Å²) in [5.41, 5.74) is 6.87. The molecule has 0 aliphatic carbocycles. The van der Waals surface area contributed by atoms with Crippen LogP contribution < -0.4 is 11.1 Å². The predicted octanol–water partition coefficient (Wildman–Crippen LogP) is 1.70. The molecule has 1 aromatic heterocycles. The lowest BCUT2D eigenvalue weighted by Crippen LogP contribution is -2.30. The summed E-state index contributed by atoms with van der Waals surface area (Å²) in [7, 11) is 1.33. The van der Waals surface area contributed by atoms with E-state index in [2.05, 4.69) is 20.3 Å². The zero-order valence-corrected chi connectivity index (χ0v) is 14.2. The number of nitrogens with two attached hydrogens (primary N) is 1. The maximum atomic E-state index is 12.1. The Balaban J connectivity index is 1.84. The van der Waals surface area contributed by atoms with E-state index in [1.54, 1.807) is 31.2 Å². The number of hydrogen-bond acceptors (Lipinski definition) is 8. The molecule has 0 aliphatic heterocycles. The van der Waals surface area contributed by atoms with Gasteiger partial charge >= 0.3 is 5.97 Å². The Bertz CT molecular complexity index is 688. The van der Waals surface area contributed by atoms with Crippen molar-refractivity contribution < 1.29 is 14.3 Å². The summed E-state index contributed by atoms with van der Waals surface area (Å²) in [5, 5.41) is 10.5. The SMILES string of the molecule is COC(=O)c1ccc(CNC(=O)C(C)Sc2nnc(N)s2)cc1. The number of aromatic nitrogens is 2. The highest BCUT2D eigenvalue weighted by molar-refractivity contribution is 8.02. The molecule has 0 fully saturated rings. The molecule has 0 spiro atoms. The van der Waals surface area contributed by atoms with E-state index in [9.17, 15) is 9.59 Å². The summed E-state index contributed by atoms with van der Waals surface area (Å²) >= 11 is 2.56. The Hall–Kier alpha value is -2.13. The van der Waals surface area contributed by atoms with Crippen LogP contribution in [0.25, 0.3) is 0 Å². The molecule has 0 bridgehead atoms. The number of esters is 1. The van der Waals surface area contributed by atoms with Crippen molar-refractivity contribution in [3.8, 4) is 0 Å². The average molecular weight is 352 g/mol. The van der Waals surface area contributed by atoms with Crippen LogP contribution in [0.2, 0.25) is 0 Å². The fraction of sp³-hybridized carbons (Fsp3) is 0.286. The van der Waals surface area contributed by atoms with Gasteiger partial charge in [-0.05, 0) is 24.6 Å². The number of nitrogens with zero attached hydrogens (tertiary/aromatic N) is 2. The molecule has 1 aromatic carbocycles. The topological polar surface area (TPSA) is 107 Å². The van der Waals surface area contributed by atoms with Crippen molar-refractivity contribution in [1.82, 2.24) is 15.5 Å². The molecule has 1 unspecified atom stereocenters. The van der Waals surface area contributed by atoms with Gasteiger partial charge in [0, 0.05) is 6.54 Å². The highest BCUT2D eigenvalue weighted by atomic mass is 32.2. The number of methoxy groups -OCH3 is 1. The van der Waals surface area contributed by atoms with Gasteiger partial charge in [-0.15, -0.1) is 10.2 Å². The van der Waals surface area contributed by atoms with Gasteiger partial charge in [0.15, 0.2) is 4.34 Å². The molecule has 1 amide bonds. The largest absolute Gasteiger partial charge is 0.465 e. The molecular weight excluding hydrogens is 336 g/mol. The first-order valence-electron chi connectivity index (χ1n) is 6.70. The van der Waals surface area contributed by atoms with E-state index in [0.717, 1.165) is 5.56 Å². The maximum absolute atomic E-state index is 12.1. The fourth-order valence-electron chi connectivity index (χ4n) is 1.68. The first-order valence-corrected chi connectivity index (χ1v) is 8.40. The normalized spacial score (nSPS) is 11.7. The van der Waals surface area contributed by atoms with Crippen molar-refractivity contribution in [1.29, 1.82) is 0 Å². The summed E-state index contributed by atoms with van der Waals surface area (Å²) in [4.78, 5) is 23.4. The standard InChI is InChI=1S/C14H16N4O3S2/c1-8(22-14-18-17-13(15)23-14)11(19)16-7-9-3-5-10(6-4-9)12(20)21-2/h3-6,8H,7H2,1-2H3,(H2,15,17)(H,16,19). The lowest BCUT2D eigenvalue weighted by Gasteiger charge is -2.10. The number of thioether (sulfide) groups is 1. The van der Waals surface area contributed by atoms with Gasteiger partial charge in [-0.2, -0.15) is 0 Å². The lowest BCUT2D eigenvalue weighted by atomic mass is 10.1. The Morgan fingerprint density at radius 1 is 1.35 bits per heavy atom. The molecular formula is C14H16N4O3S2. The molecule has 7 nitrogen and oxygen atoms in total. The summed E-state index contributed by atoms with van der Waals surface area (Å²) in [6.07, 6.45) is 0. The highest BCUT2D eigenvalue weighted by Crippen LogP contribution is 2.27. The molecule has 23 heavy (non-hydrogen) atoms. The molecule has 0 saturated carbocycles. The van der Waals surface area contributed by atoms with Gasteiger partial charge < -0.3 is 15.8 Å². The van der Waals surface area contributed by atoms with Gasteiger partial charge in [0.25, 0.3) is 0 Å². The minimum Gasteiger partial charge on any atom is -0.465 e. The molecule has 1 atom stereocenters. The zero-order valence-electron chi connectivity index (χ0n) is 12.6. The number of amides is 1. The molecule has 2 rings (SSSR count). The first-order chi connectivity index (χ1) is 11.0. The molecule has 2 aromatic rings. The fourth-order valence-corrected chi connectivity index (χ4v) is 3.49. The number of ether oxygens (including phenoxy) is 1. The highest BCUT2D eigenvalue weighted by Gasteiger charge is 2.16. The minimum absolute atomic E-state index is 0.110. The van der Waals surface area contributed by atoms with Crippen LogP contribution >= 0.6 is 23.1 Å². The maximum Gasteiger partial charge on any atom is 0.337 e. The molecule has 9 heteroatoms. The second kappa shape index (κ2) is 7.93. The summed E-state index contributed by atoms with van der Waals surface area (Å²) < 4.78 is 5.29. The quantitative estimate of drug-likeness (QED) is 0.602. The van der Waals surface area contributed by atoms with Gasteiger partial charge in [0.2, 0.25) is 11.0 Å².